The molecule has 1 saturated heterocycles. The van der Waals surface area contributed by atoms with Crippen molar-refractivity contribution in [2.45, 2.75) is 32.4 Å². The fourth-order valence-corrected chi connectivity index (χ4v) is 2.68. The predicted molar refractivity (Wildman–Crippen MR) is 78.2 cm³/mol. The molecule has 0 bridgehead atoms. The molecule has 1 aromatic rings. The van der Waals surface area contributed by atoms with Crippen LogP contribution in [0.25, 0.3) is 0 Å². The van der Waals surface area contributed by atoms with Crippen molar-refractivity contribution in [2.75, 3.05) is 25.0 Å². The number of nitrogens with two attached hydrogens (primary N) is 1. The Bertz CT molecular complexity index is 443. The summed E-state index contributed by atoms with van der Waals surface area (Å²) in [5, 5.41) is 0. The zero-order valence-corrected chi connectivity index (χ0v) is 12.0. The van der Waals surface area contributed by atoms with Gasteiger partial charge in [0.15, 0.2) is 0 Å². The minimum atomic E-state index is -0.259. The number of hydrogen-bond acceptors (Lipinski definition) is 3. The van der Waals surface area contributed by atoms with Crippen LogP contribution in [0.3, 0.4) is 0 Å². The van der Waals surface area contributed by atoms with Gasteiger partial charge in [-0.15, -0.1) is 0 Å². The quantitative estimate of drug-likeness (QED) is 0.875. The average molecular weight is 261 g/mol. The zero-order valence-electron chi connectivity index (χ0n) is 12.0. The summed E-state index contributed by atoms with van der Waals surface area (Å²) >= 11 is 0. The second kappa shape index (κ2) is 5.61. The summed E-state index contributed by atoms with van der Waals surface area (Å²) in [6, 6.07) is 8.36. The van der Waals surface area contributed by atoms with Crippen LogP contribution in [0.15, 0.2) is 24.3 Å². The molecule has 1 fully saturated rings. The Morgan fingerprint density at radius 3 is 2.53 bits per heavy atom. The first kappa shape index (κ1) is 13.9. The van der Waals surface area contributed by atoms with E-state index in [1.54, 1.807) is 4.90 Å². The van der Waals surface area contributed by atoms with E-state index in [4.69, 9.17) is 5.73 Å². The van der Waals surface area contributed by atoms with Gasteiger partial charge in [0.25, 0.3) is 0 Å². The fourth-order valence-electron chi connectivity index (χ4n) is 2.68. The number of hydrogen-bond donors (Lipinski definition) is 1. The molecule has 2 unspecified atom stereocenters. The standard InChI is InChI=1S/C15H23N3O/c1-11-4-6-13(7-5-11)18-12(2)8-9-17(3)15(19)14(18)10-16/h4-7,12,14H,8-10,16H2,1-3H3. The monoisotopic (exact) mass is 261 g/mol. The van der Waals surface area contributed by atoms with Crippen LogP contribution >= 0.6 is 0 Å². The van der Waals surface area contributed by atoms with E-state index in [0.29, 0.717) is 12.6 Å². The molecule has 1 aliphatic heterocycles. The van der Waals surface area contributed by atoms with Crippen LogP contribution in [-0.2, 0) is 4.79 Å². The maximum absolute atomic E-state index is 12.4. The number of anilines is 1. The molecule has 19 heavy (non-hydrogen) atoms. The molecule has 0 radical (unpaired) electrons. The number of benzene rings is 1. The van der Waals surface area contributed by atoms with Gasteiger partial charge in [-0.3, -0.25) is 4.79 Å². The molecule has 4 nitrogen and oxygen atoms in total. The van der Waals surface area contributed by atoms with Crippen molar-refractivity contribution in [3.8, 4) is 0 Å². The van der Waals surface area contributed by atoms with Gasteiger partial charge in [0.05, 0.1) is 0 Å². The van der Waals surface area contributed by atoms with Gasteiger partial charge in [0.1, 0.15) is 6.04 Å². The van der Waals surface area contributed by atoms with Gasteiger partial charge in [0.2, 0.25) is 5.91 Å². The molecule has 0 aromatic heterocycles. The lowest BCUT2D eigenvalue weighted by atomic mass is 10.1. The fraction of sp³-hybridized carbons (Fsp3) is 0.533. The largest absolute Gasteiger partial charge is 0.356 e. The lowest BCUT2D eigenvalue weighted by Gasteiger charge is -2.35. The van der Waals surface area contributed by atoms with Gasteiger partial charge in [-0.2, -0.15) is 0 Å². The number of amides is 1. The Morgan fingerprint density at radius 2 is 1.95 bits per heavy atom. The molecule has 2 rings (SSSR count). The number of carbonyl (C=O) groups is 1. The van der Waals surface area contributed by atoms with Gasteiger partial charge < -0.3 is 15.5 Å². The predicted octanol–water partition coefficient (Wildman–Crippen LogP) is 1.38. The van der Waals surface area contributed by atoms with Gasteiger partial charge in [-0.05, 0) is 32.4 Å². The summed E-state index contributed by atoms with van der Waals surface area (Å²) in [4.78, 5) is 16.3. The van der Waals surface area contributed by atoms with Crippen molar-refractivity contribution in [2.24, 2.45) is 5.73 Å². The van der Waals surface area contributed by atoms with E-state index in [0.717, 1.165) is 18.7 Å². The van der Waals surface area contributed by atoms with E-state index >= 15 is 0 Å². The summed E-state index contributed by atoms with van der Waals surface area (Å²) < 4.78 is 0. The number of carbonyl (C=O) groups excluding carboxylic acids is 1. The first-order chi connectivity index (χ1) is 9.04. The Balaban J connectivity index is 2.37. The van der Waals surface area contributed by atoms with E-state index in [1.807, 2.05) is 7.05 Å². The Kier molecular flexibility index (Phi) is 4.10. The van der Waals surface area contributed by atoms with Crippen LogP contribution in [-0.4, -0.2) is 43.0 Å². The molecular formula is C15H23N3O. The Morgan fingerprint density at radius 1 is 1.32 bits per heavy atom. The molecule has 1 aliphatic rings. The van der Waals surface area contributed by atoms with Crippen molar-refractivity contribution in [1.29, 1.82) is 0 Å². The van der Waals surface area contributed by atoms with Gasteiger partial charge in [0, 0.05) is 31.9 Å². The first-order valence-corrected chi connectivity index (χ1v) is 6.84. The third-order valence-electron chi connectivity index (χ3n) is 3.91. The summed E-state index contributed by atoms with van der Waals surface area (Å²) in [6.07, 6.45) is 0.965. The second-order valence-corrected chi connectivity index (χ2v) is 5.39. The summed E-state index contributed by atoms with van der Waals surface area (Å²) in [5.41, 5.74) is 8.16. The molecule has 1 amide bonds. The number of aryl methyl sites for hydroxylation is 1. The van der Waals surface area contributed by atoms with Crippen LogP contribution < -0.4 is 10.6 Å². The first-order valence-electron chi connectivity index (χ1n) is 6.84. The third kappa shape index (κ3) is 2.73. The number of rotatable bonds is 2. The van der Waals surface area contributed by atoms with Crippen molar-refractivity contribution in [1.82, 2.24) is 4.90 Å². The summed E-state index contributed by atoms with van der Waals surface area (Å²) in [7, 11) is 1.86. The number of likely N-dealkylation sites (N-methyl/N-ethyl adjacent to an activating group) is 1. The van der Waals surface area contributed by atoms with Crippen LogP contribution in [0.4, 0.5) is 5.69 Å². The van der Waals surface area contributed by atoms with Gasteiger partial charge >= 0.3 is 0 Å². The number of nitrogens with zero attached hydrogens (tertiary/aromatic N) is 2. The van der Waals surface area contributed by atoms with Gasteiger partial charge in [-0.25, -0.2) is 0 Å². The minimum Gasteiger partial charge on any atom is -0.356 e. The molecule has 0 saturated carbocycles. The normalized spacial score (nSPS) is 24.5. The molecule has 104 valence electrons. The SMILES string of the molecule is Cc1ccc(N2C(C)CCN(C)C(=O)C2CN)cc1. The molecular weight excluding hydrogens is 238 g/mol. The highest BCUT2D eigenvalue weighted by Gasteiger charge is 2.33. The third-order valence-corrected chi connectivity index (χ3v) is 3.91. The van der Waals surface area contributed by atoms with E-state index in [1.165, 1.54) is 5.56 Å². The van der Waals surface area contributed by atoms with Crippen molar-refractivity contribution in [3.63, 3.8) is 0 Å². The van der Waals surface area contributed by atoms with E-state index < -0.39 is 0 Å². The Labute approximate surface area is 115 Å². The van der Waals surface area contributed by atoms with Crippen molar-refractivity contribution < 1.29 is 4.79 Å². The van der Waals surface area contributed by atoms with Crippen LogP contribution in [0, 0.1) is 6.92 Å². The van der Waals surface area contributed by atoms with Crippen LogP contribution in [0.1, 0.15) is 18.9 Å². The molecule has 4 heteroatoms. The maximum Gasteiger partial charge on any atom is 0.246 e. The second-order valence-electron chi connectivity index (χ2n) is 5.39. The topological polar surface area (TPSA) is 49.6 Å². The van der Waals surface area contributed by atoms with Crippen molar-refractivity contribution >= 4 is 11.6 Å². The molecule has 0 spiro atoms. The lowest BCUT2D eigenvalue weighted by Crippen LogP contribution is -2.51. The average Bonchev–Trinajstić information content (AvgIpc) is 2.51. The summed E-state index contributed by atoms with van der Waals surface area (Å²) in [6.45, 7) is 5.37. The molecule has 2 atom stereocenters. The smallest absolute Gasteiger partial charge is 0.246 e. The van der Waals surface area contributed by atoms with E-state index in [9.17, 15) is 4.79 Å². The zero-order chi connectivity index (χ0) is 14.0. The molecule has 1 aromatic carbocycles. The highest BCUT2D eigenvalue weighted by molar-refractivity contribution is 5.86. The minimum absolute atomic E-state index is 0.118. The van der Waals surface area contributed by atoms with Crippen LogP contribution in [0.2, 0.25) is 0 Å². The van der Waals surface area contributed by atoms with Crippen molar-refractivity contribution in [3.05, 3.63) is 29.8 Å². The van der Waals surface area contributed by atoms with E-state index in [-0.39, 0.29) is 11.9 Å². The van der Waals surface area contributed by atoms with Gasteiger partial charge in [-0.1, -0.05) is 17.7 Å². The maximum atomic E-state index is 12.4. The highest BCUT2D eigenvalue weighted by atomic mass is 16.2. The molecule has 2 N–H and O–H groups in total. The summed E-state index contributed by atoms with van der Waals surface area (Å²) in [5.74, 6) is 0.118. The van der Waals surface area contributed by atoms with E-state index in [2.05, 4.69) is 43.0 Å². The lowest BCUT2D eigenvalue weighted by molar-refractivity contribution is -0.130. The van der Waals surface area contributed by atoms with Crippen LogP contribution in [0.5, 0.6) is 0 Å². The highest BCUT2D eigenvalue weighted by Crippen LogP contribution is 2.25. The molecule has 1 heterocycles. The molecule has 0 aliphatic carbocycles. The Hall–Kier alpha value is -1.55.